The lowest BCUT2D eigenvalue weighted by atomic mass is 10.0. The van der Waals surface area contributed by atoms with Crippen molar-refractivity contribution in [3.8, 4) is 5.75 Å². The number of thiophene rings is 1. The van der Waals surface area contributed by atoms with E-state index in [4.69, 9.17) is 9.47 Å². The number of esters is 2. The molecule has 1 aromatic carbocycles. The number of thiazole rings is 1. The van der Waals surface area contributed by atoms with Crippen molar-refractivity contribution in [1.29, 1.82) is 0 Å². The number of allylic oxidation sites excluding steroid dienone is 1. The van der Waals surface area contributed by atoms with E-state index >= 15 is 0 Å². The summed E-state index contributed by atoms with van der Waals surface area (Å²) in [4.78, 5) is 43.0. The Hall–Kier alpha value is -3.30. The first-order valence-electron chi connectivity index (χ1n) is 9.32. The van der Waals surface area contributed by atoms with Crippen molar-refractivity contribution in [2.45, 2.75) is 19.9 Å². The van der Waals surface area contributed by atoms with Gasteiger partial charge in [-0.05, 0) is 42.1 Å². The normalized spacial score (nSPS) is 16.0. The lowest BCUT2D eigenvalue weighted by molar-refractivity contribution is -0.136. The molecule has 7 nitrogen and oxygen atoms in total. The van der Waals surface area contributed by atoms with Gasteiger partial charge in [0.25, 0.3) is 5.56 Å². The minimum absolute atomic E-state index is 0.256. The van der Waals surface area contributed by atoms with Crippen LogP contribution in [0.1, 0.15) is 30.3 Å². The first-order valence-corrected chi connectivity index (χ1v) is 11.0. The van der Waals surface area contributed by atoms with E-state index in [0.29, 0.717) is 31.9 Å². The molecule has 1 atom stereocenters. The molecule has 0 N–H and O–H groups in total. The number of carbonyl (C=O) groups is 2. The molecule has 0 aliphatic carbocycles. The number of aromatic nitrogens is 1. The number of hydrogen-bond donors (Lipinski definition) is 0. The molecule has 0 saturated carbocycles. The maximum Gasteiger partial charge on any atom is 0.338 e. The minimum Gasteiger partial charge on any atom is -0.466 e. The quantitative estimate of drug-likeness (QED) is 0.446. The highest BCUT2D eigenvalue weighted by Crippen LogP contribution is 2.32. The molecular weight excluding hydrogens is 436 g/mol. The molecule has 9 heteroatoms. The Morgan fingerprint density at radius 1 is 1.23 bits per heavy atom. The summed E-state index contributed by atoms with van der Waals surface area (Å²) in [5, 5.41) is 1.90. The number of nitrogens with zero attached hydrogens (tertiary/aromatic N) is 2. The van der Waals surface area contributed by atoms with E-state index in [9.17, 15) is 14.4 Å². The number of fused-ring (bicyclic) bond motifs is 1. The number of benzene rings is 1. The Morgan fingerprint density at radius 2 is 2.03 bits per heavy atom. The Bertz CT molecular complexity index is 1380. The van der Waals surface area contributed by atoms with E-state index in [2.05, 4.69) is 4.99 Å². The van der Waals surface area contributed by atoms with E-state index in [-0.39, 0.29) is 5.56 Å². The monoisotopic (exact) mass is 454 g/mol. The summed E-state index contributed by atoms with van der Waals surface area (Å²) < 4.78 is 12.1. The second-order valence-electron chi connectivity index (χ2n) is 6.75. The minimum atomic E-state index is -0.599. The van der Waals surface area contributed by atoms with Crippen LogP contribution in [-0.2, 0) is 14.3 Å². The highest BCUT2D eigenvalue weighted by Gasteiger charge is 2.33. The summed E-state index contributed by atoms with van der Waals surface area (Å²) in [7, 11) is 1.31. The van der Waals surface area contributed by atoms with Gasteiger partial charge in [0.05, 0.1) is 22.9 Å². The lowest BCUT2D eigenvalue weighted by Crippen LogP contribution is -2.39. The summed E-state index contributed by atoms with van der Waals surface area (Å²) in [6, 6.07) is 10.1. The van der Waals surface area contributed by atoms with Gasteiger partial charge in [0.1, 0.15) is 11.8 Å². The van der Waals surface area contributed by atoms with Crippen LogP contribution in [0.3, 0.4) is 0 Å². The molecule has 3 aromatic rings. The number of ether oxygens (including phenoxy) is 2. The van der Waals surface area contributed by atoms with Gasteiger partial charge < -0.3 is 9.47 Å². The average Bonchev–Trinajstić information content (AvgIpc) is 3.35. The van der Waals surface area contributed by atoms with Gasteiger partial charge >= 0.3 is 11.9 Å². The molecule has 3 heterocycles. The van der Waals surface area contributed by atoms with Crippen molar-refractivity contribution in [3.05, 3.63) is 83.2 Å². The van der Waals surface area contributed by atoms with E-state index in [1.165, 1.54) is 41.3 Å². The Morgan fingerprint density at radius 3 is 2.71 bits per heavy atom. The van der Waals surface area contributed by atoms with Gasteiger partial charge in [0.15, 0.2) is 4.80 Å². The second-order valence-corrected chi connectivity index (χ2v) is 8.74. The van der Waals surface area contributed by atoms with Crippen molar-refractivity contribution in [1.82, 2.24) is 4.57 Å². The number of rotatable bonds is 4. The maximum atomic E-state index is 13.4. The van der Waals surface area contributed by atoms with Gasteiger partial charge in [-0.3, -0.25) is 14.2 Å². The second kappa shape index (κ2) is 8.44. The molecule has 4 rings (SSSR count). The van der Waals surface area contributed by atoms with Gasteiger partial charge in [0, 0.05) is 11.8 Å². The molecule has 0 radical (unpaired) electrons. The molecule has 31 heavy (non-hydrogen) atoms. The molecule has 2 aromatic heterocycles. The third-order valence-electron chi connectivity index (χ3n) is 4.66. The summed E-state index contributed by atoms with van der Waals surface area (Å²) in [5.74, 6) is -0.532. The van der Waals surface area contributed by atoms with Crippen LogP contribution in [0.2, 0.25) is 0 Å². The van der Waals surface area contributed by atoms with Crippen molar-refractivity contribution in [2.75, 3.05) is 7.11 Å². The van der Waals surface area contributed by atoms with Crippen LogP contribution in [-0.4, -0.2) is 23.6 Å². The van der Waals surface area contributed by atoms with E-state index in [0.717, 1.165) is 4.88 Å². The third-order valence-corrected chi connectivity index (χ3v) is 6.56. The zero-order valence-electron chi connectivity index (χ0n) is 16.9. The zero-order valence-corrected chi connectivity index (χ0v) is 18.6. The van der Waals surface area contributed by atoms with E-state index in [1.807, 2.05) is 23.6 Å². The molecule has 0 bridgehead atoms. The SMILES string of the molecule is COC(=O)C1=C(C)N=c2s/c(=C/c3cccc(OC(C)=O)c3)c(=O)n2[C@@H]1c1cccs1. The van der Waals surface area contributed by atoms with Crippen LogP contribution >= 0.6 is 22.7 Å². The van der Waals surface area contributed by atoms with Crippen molar-refractivity contribution < 1.29 is 19.1 Å². The summed E-state index contributed by atoms with van der Waals surface area (Å²) in [5.41, 5.74) is 1.32. The predicted molar refractivity (Wildman–Crippen MR) is 118 cm³/mol. The molecular formula is C22H18N2O5S2. The fourth-order valence-electron chi connectivity index (χ4n) is 3.39. The van der Waals surface area contributed by atoms with E-state index < -0.39 is 18.0 Å². The molecule has 1 aliphatic rings. The molecule has 0 amide bonds. The van der Waals surface area contributed by atoms with Gasteiger partial charge in [0.2, 0.25) is 0 Å². The fraction of sp³-hybridized carbons (Fsp3) is 0.182. The molecule has 0 spiro atoms. The van der Waals surface area contributed by atoms with Gasteiger partial charge in [-0.25, -0.2) is 9.79 Å². The third kappa shape index (κ3) is 4.01. The van der Waals surface area contributed by atoms with Crippen LogP contribution < -0.4 is 19.6 Å². The number of hydrogen-bond acceptors (Lipinski definition) is 8. The van der Waals surface area contributed by atoms with Crippen LogP contribution in [0.25, 0.3) is 6.08 Å². The summed E-state index contributed by atoms with van der Waals surface area (Å²) >= 11 is 2.70. The van der Waals surface area contributed by atoms with Crippen LogP contribution in [0.15, 0.2) is 62.8 Å². The first-order chi connectivity index (χ1) is 14.9. The van der Waals surface area contributed by atoms with Gasteiger partial charge in [-0.2, -0.15) is 0 Å². The molecule has 0 saturated heterocycles. The predicted octanol–water partition coefficient (Wildman–Crippen LogP) is 2.40. The molecule has 0 fully saturated rings. The topological polar surface area (TPSA) is 87.0 Å². The highest BCUT2D eigenvalue weighted by atomic mass is 32.1. The van der Waals surface area contributed by atoms with Crippen LogP contribution in [0.4, 0.5) is 0 Å². The zero-order chi connectivity index (χ0) is 22.1. The molecule has 158 valence electrons. The average molecular weight is 455 g/mol. The number of methoxy groups -OCH3 is 1. The first kappa shape index (κ1) is 21.0. The summed E-state index contributed by atoms with van der Waals surface area (Å²) in [6.07, 6.45) is 1.72. The van der Waals surface area contributed by atoms with E-state index in [1.54, 1.807) is 31.2 Å². The highest BCUT2D eigenvalue weighted by molar-refractivity contribution is 7.10. The van der Waals surface area contributed by atoms with Crippen LogP contribution in [0, 0.1) is 0 Å². The Labute approximate surface area is 185 Å². The number of carbonyl (C=O) groups excluding carboxylic acids is 2. The molecule has 0 unspecified atom stereocenters. The Balaban J connectivity index is 1.89. The van der Waals surface area contributed by atoms with Gasteiger partial charge in [-0.15, -0.1) is 11.3 Å². The van der Waals surface area contributed by atoms with Crippen molar-refractivity contribution in [2.24, 2.45) is 4.99 Å². The largest absolute Gasteiger partial charge is 0.466 e. The Kier molecular flexibility index (Phi) is 5.71. The standard InChI is InChI=1S/C22H18N2O5S2/c1-12-18(21(27)28-3)19(16-8-5-9-30-16)24-20(26)17(31-22(24)23-12)11-14-6-4-7-15(10-14)29-13(2)25/h4-11,19H,1-3H3/b17-11+/t19-/m1/s1. The maximum absolute atomic E-state index is 13.4. The smallest absolute Gasteiger partial charge is 0.338 e. The van der Waals surface area contributed by atoms with Crippen LogP contribution in [0.5, 0.6) is 5.75 Å². The van der Waals surface area contributed by atoms with Crippen molar-refractivity contribution >= 4 is 40.7 Å². The fourth-order valence-corrected chi connectivity index (χ4v) is 5.26. The summed E-state index contributed by atoms with van der Waals surface area (Å²) in [6.45, 7) is 3.07. The van der Waals surface area contributed by atoms with Crippen molar-refractivity contribution in [3.63, 3.8) is 0 Å². The van der Waals surface area contributed by atoms with Gasteiger partial charge in [-0.1, -0.05) is 29.5 Å². The molecule has 1 aliphatic heterocycles. The lowest BCUT2D eigenvalue weighted by Gasteiger charge is -2.22.